The molecule has 0 saturated heterocycles. The van der Waals surface area contributed by atoms with Gasteiger partial charge in [-0.3, -0.25) is 4.79 Å². The number of halogens is 1. The third-order valence-electron chi connectivity index (χ3n) is 4.20. The van der Waals surface area contributed by atoms with Gasteiger partial charge in [0.15, 0.2) is 23.2 Å². The van der Waals surface area contributed by atoms with Gasteiger partial charge in [-0.25, -0.2) is 4.39 Å². The summed E-state index contributed by atoms with van der Waals surface area (Å²) in [5.74, 6) is 0.225. The summed E-state index contributed by atoms with van der Waals surface area (Å²) in [6.07, 6.45) is 3.20. The Labute approximate surface area is 132 Å². The van der Waals surface area contributed by atoms with Crippen LogP contribution in [0.25, 0.3) is 0 Å². The number of carbonyl (C=O) groups is 1. The van der Waals surface area contributed by atoms with E-state index in [0.29, 0.717) is 18.1 Å². The highest BCUT2D eigenvalue weighted by Gasteiger charge is 2.38. The standard InChI is InChI=1S/C16H18FN3O3/c1-22-13-5-3-10(9-11(13)17)12(21)4-6-14-19-15(20-23-14)16(18)7-2-8-16/h3,5,9H,2,4,6-8,18H2,1H3. The van der Waals surface area contributed by atoms with E-state index in [4.69, 9.17) is 15.0 Å². The van der Waals surface area contributed by atoms with E-state index in [-0.39, 0.29) is 23.5 Å². The molecular formula is C16H18FN3O3. The summed E-state index contributed by atoms with van der Waals surface area (Å²) in [4.78, 5) is 16.4. The van der Waals surface area contributed by atoms with Gasteiger partial charge >= 0.3 is 0 Å². The van der Waals surface area contributed by atoms with Crippen molar-refractivity contribution in [1.82, 2.24) is 10.1 Å². The molecule has 1 aromatic heterocycles. The molecule has 0 aliphatic heterocycles. The summed E-state index contributed by atoms with van der Waals surface area (Å²) in [7, 11) is 1.37. The lowest BCUT2D eigenvalue weighted by molar-refractivity contribution is 0.0979. The van der Waals surface area contributed by atoms with E-state index in [9.17, 15) is 9.18 Å². The molecule has 1 heterocycles. The maximum Gasteiger partial charge on any atom is 0.227 e. The number of aryl methyl sites for hydroxylation is 1. The van der Waals surface area contributed by atoms with Crippen molar-refractivity contribution in [2.24, 2.45) is 5.73 Å². The zero-order valence-corrected chi connectivity index (χ0v) is 12.8. The van der Waals surface area contributed by atoms with Gasteiger partial charge in [-0.1, -0.05) is 5.16 Å². The highest BCUT2D eigenvalue weighted by Crippen LogP contribution is 2.36. The van der Waals surface area contributed by atoms with Gasteiger partial charge in [-0.05, 0) is 37.5 Å². The monoisotopic (exact) mass is 319 g/mol. The van der Waals surface area contributed by atoms with Crippen LogP contribution in [-0.4, -0.2) is 23.0 Å². The molecule has 1 aliphatic rings. The van der Waals surface area contributed by atoms with Crippen molar-refractivity contribution >= 4 is 5.78 Å². The number of hydrogen-bond donors (Lipinski definition) is 1. The van der Waals surface area contributed by atoms with Gasteiger partial charge in [-0.2, -0.15) is 4.98 Å². The molecule has 1 aromatic carbocycles. The van der Waals surface area contributed by atoms with Crippen molar-refractivity contribution in [2.75, 3.05) is 7.11 Å². The van der Waals surface area contributed by atoms with E-state index in [1.54, 1.807) is 0 Å². The van der Waals surface area contributed by atoms with Crippen LogP contribution in [0.3, 0.4) is 0 Å². The average molecular weight is 319 g/mol. The van der Waals surface area contributed by atoms with Crippen LogP contribution < -0.4 is 10.5 Å². The quantitative estimate of drug-likeness (QED) is 0.822. The number of hydrogen-bond acceptors (Lipinski definition) is 6. The zero-order valence-electron chi connectivity index (χ0n) is 12.8. The molecule has 2 aromatic rings. The number of benzene rings is 1. The first-order valence-electron chi connectivity index (χ1n) is 7.50. The second-order valence-corrected chi connectivity index (χ2v) is 5.79. The van der Waals surface area contributed by atoms with E-state index < -0.39 is 11.4 Å². The van der Waals surface area contributed by atoms with E-state index in [1.807, 2.05) is 0 Å². The molecule has 1 fully saturated rings. The third-order valence-corrected chi connectivity index (χ3v) is 4.20. The number of Topliss-reactive ketones (excluding diaryl/α,β-unsaturated/α-hetero) is 1. The Bertz CT molecular complexity index is 725. The molecule has 0 unspecified atom stereocenters. The minimum atomic E-state index is -0.562. The van der Waals surface area contributed by atoms with Gasteiger partial charge in [0, 0.05) is 18.4 Å². The van der Waals surface area contributed by atoms with E-state index >= 15 is 0 Å². The lowest BCUT2D eigenvalue weighted by Crippen LogP contribution is -2.44. The van der Waals surface area contributed by atoms with Gasteiger partial charge in [0.05, 0.1) is 12.6 Å². The predicted molar refractivity (Wildman–Crippen MR) is 79.6 cm³/mol. The molecule has 0 amide bonds. The number of aromatic nitrogens is 2. The first-order valence-corrected chi connectivity index (χ1v) is 7.50. The largest absolute Gasteiger partial charge is 0.494 e. The number of ketones is 1. The fourth-order valence-corrected chi connectivity index (χ4v) is 2.54. The van der Waals surface area contributed by atoms with Gasteiger partial charge in [-0.15, -0.1) is 0 Å². The first-order chi connectivity index (χ1) is 11.0. The molecule has 0 atom stereocenters. The Morgan fingerprint density at radius 1 is 1.48 bits per heavy atom. The maximum absolute atomic E-state index is 13.6. The summed E-state index contributed by atoms with van der Waals surface area (Å²) in [6.45, 7) is 0. The van der Waals surface area contributed by atoms with E-state index in [2.05, 4.69) is 10.1 Å². The van der Waals surface area contributed by atoms with Crippen molar-refractivity contribution in [3.8, 4) is 5.75 Å². The summed E-state index contributed by atoms with van der Waals surface area (Å²) < 4.78 is 23.6. The van der Waals surface area contributed by atoms with Crippen molar-refractivity contribution in [3.63, 3.8) is 0 Å². The normalized spacial score (nSPS) is 16.0. The van der Waals surface area contributed by atoms with Crippen LogP contribution >= 0.6 is 0 Å². The summed E-state index contributed by atoms with van der Waals surface area (Å²) in [5, 5.41) is 3.90. The fourth-order valence-electron chi connectivity index (χ4n) is 2.54. The highest BCUT2D eigenvalue weighted by atomic mass is 19.1. The van der Waals surface area contributed by atoms with Crippen LogP contribution in [0.5, 0.6) is 5.75 Å². The molecule has 7 heteroatoms. The molecule has 3 rings (SSSR count). The van der Waals surface area contributed by atoms with E-state index in [0.717, 1.165) is 19.3 Å². The minimum absolute atomic E-state index is 0.108. The molecule has 0 spiro atoms. The molecule has 2 N–H and O–H groups in total. The molecule has 0 bridgehead atoms. The number of methoxy groups -OCH3 is 1. The van der Waals surface area contributed by atoms with E-state index in [1.165, 1.54) is 25.3 Å². The minimum Gasteiger partial charge on any atom is -0.494 e. The van der Waals surface area contributed by atoms with Gasteiger partial charge in [0.2, 0.25) is 5.89 Å². The average Bonchev–Trinajstić information content (AvgIpc) is 2.99. The summed E-state index contributed by atoms with van der Waals surface area (Å²) >= 11 is 0. The number of nitrogens with two attached hydrogens (primary N) is 1. The zero-order chi connectivity index (χ0) is 16.4. The highest BCUT2D eigenvalue weighted by molar-refractivity contribution is 5.96. The lowest BCUT2D eigenvalue weighted by Gasteiger charge is -2.34. The van der Waals surface area contributed by atoms with Crippen LogP contribution in [-0.2, 0) is 12.0 Å². The Hall–Kier alpha value is -2.28. The molecule has 1 saturated carbocycles. The van der Waals surface area contributed by atoms with Crippen molar-refractivity contribution in [3.05, 3.63) is 41.3 Å². The van der Waals surface area contributed by atoms with Gasteiger partial charge in [0.25, 0.3) is 0 Å². The van der Waals surface area contributed by atoms with Gasteiger partial charge < -0.3 is 15.0 Å². The molecule has 0 radical (unpaired) electrons. The molecule has 23 heavy (non-hydrogen) atoms. The van der Waals surface area contributed by atoms with Crippen LogP contribution in [0, 0.1) is 5.82 Å². The Balaban J connectivity index is 1.62. The molecule has 1 aliphatic carbocycles. The maximum atomic E-state index is 13.6. The second-order valence-electron chi connectivity index (χ2n) is 5.79. The number of carbonyl (C=O) groups excluding carboxylic acids is 1. The molecule has 122 valence electrons. The number of rotatable bonds is 6. The van der Waals surface area contributed by atoms with Crippen LogP contribution in [0.2, 0.25) is 0 Å². The van der Waals surface area contributed by atoms with Crippen molar-refractivity contribution < 1.29 is 18.4 Å². The Morgan fingerprint density at radius 3 is 2.87 bits per heavy atom. The Kier molecular flexibility index (Phi) is 4.12. The fraction of sp³-hybridized carbons (Fsp3) is 0.438. The summed E-state index contributed by atoms with van der Waals surface area (Å²) in [5.41, 5.74) is 5.93. The Morgan fingerprint density at radius 2 is 2.26 bits per heavy atom. The van der Waals surface area contributed by atoms with Crippen molar-refractivity contribution in [1.29, 1.82) is 0 Å². The topological polar surface area (TPSA) is 91.2 Å². The summed E-state index contributed by atoms with van der Waals surface area (Å²) in [6, 6.07) is 4.14. The molecular weight excluding hydrogens is 301 g/mol. The number of nitrogens with zero attached hydrogens (tertiary/aromatic N) is 2. The number of ether oxygens (including phenoxy) is 1. The van der Waals surface area contributed by atoms with Crippen molar-refractivity contribution in [2.45, 2.75) is 37.6 Å². The van der Waals surface area contributed by atoms with Crippen LogP contribution in [0.1, 0.15) is 47.8 Å². The third kappa shape index (κ3) is 3.10. The van der Waals surface area contributed by atoms with Crippen LogP contribution in [0.4, 0.5) is 4.39 Å². The second kappa shape index (κ2) is 6.08. The smallest absolute Gasteiger partial charge is 0.227 e. The molecule has 6 nitrogen and oxygen atoms in total. The predicted octanol–water partition coefficient (Wildman–Crippen LogP) is 2.37. The first kappa shape index (κ1) is 15.6. The van der Waals surface area contributed by atoms with Gasteiger partial charge in [0.1, 0.15) is 0 Å². The van der Waals surface area contributed by atoms with Crippen LogP contribution in [0.15, 0.2) is 22.7 Å². The lowest BCUT2D eigenvalue weighted by atomic mass is 9.77. The SMILES string of the molecule is COc1ccc(C(=O)CCc2nc(C3(N)CCC3)no2)cc1F.